The van der Waals surface area contributed by atoms with Crippen LogP contribution in [0.5, 0.6) is 0 Å². The van der Waals surface area contributed by atoms with Gasteiger partial charge < -0.3 is 10.6 Å². The maximum atomic E-state index is 11.8. The van der Waals surface area contributed by atoms with E-state index >= 15 is 0 Å². The van der Waals surface area contributed by atoms with Gasteiger partial charge in [0.05, 0.1) is 15.7 Å². The second-order valence-corrected chi connectivity index (χ2v) is 5.91. The van der Waals surface area contributed by atoms with E-state index in [1.807, 2.05) is 12.1 Å². The molecule has 0 heterocycles. The molecule has 0 atom stereocenters. The Hall–Kier alpha value is -1.75. The van der Waals surface area contributed by atoms with Gasteiger partial charge in [0.15, 0.2) is 0 Å². The summed E-state index contributed by atoms with van der Waals surface area (Å²) in [6.45, 7) is 0.315. The summed E-state index contributed by atoms with van der Waals surface area (Å²) in [6, 6.07) is 12.1. The van der Waals surface area contributed by atoms with Gasteiger partial charge in [0.2, 0.25) is 0 Å². The van der Waals surface area contributed by atoms with Crippen molar-refractivity contribution in [1.29, 1.82) is 0 Å². The van der Waals surface area contributed by atoms with Crippen molar-refractivity contribution in [1.82, 2.24) is 5.32 Å². The number of benzene rings is 2. The molecule has 0 spiro atoms. The third-order valence-corrected chi connectivity index (χ3v) is 4.05. The maximum Gasteiger partial charge on any atom is 0.313 e. The molecule has 4 nitrogen and oxygen atoms in total. The Morgan fingerprint density at radius 3 is 2.43 bits per heavy atom. The number of nitrogens with one attached hydrogen (secondary N) is 2. The number of hydrogen-bond donors (Lipinski definition) is 2. The Morgan fingerprint density at radius 2 is 1.70 bits per heavy atom. The van der Waals surface area contributed by atoms with E-state index in [9.17, 15) is 9.59 Å². The van der Waals surface area contributed by atoms with Crippen molar-refractivity contribution in [2.24, 2.45) is 0 Å². The van der Waals surface area contributed by atoms with Crippen molar-refractivity contribution in [2.45, 2.75) is 6.42 Å². The van der Waals surface area contributed by atoms with Gasteiger partial charge in [0, 0.05) is 11.6 Å². The molecule has 0 aliphatic carbocycles. The summed E-state index contributed by atoms with van der Waals surface area (Å²) in [6.07, 6.45) is 0.567. The number of carbonyl (C=O) groups is 2. The zero-order valence-corrected chi connectivity index (χ0v) is 14.2. The normalized spacial score (nSPS) is 10.2. The zero-order valence-electron chi connectivity index (χ0n) is 11.9. The fraction of sp³-hybridized carbons (Fsp3) is 0.125. The van der Waals surface area contributed by atoms with Crippen LogP contribution in [-0.4, -0.2) is 18.4 Å². The van der Waals surface area contributed by atoms with Gasteiger partial charge in [-0.3, -0.25) is 9.59 Å². The fourth-order valence-electron chi connectivity index (χ4n) is 1.87. The molecular formula is C16H13Cl3N2O2. The second-order valence-electron chi connectivity index (χ2n) is 4.69. The third kappa shape index (κ3) is 5.13. The predicted octanol–water partition coefficient (Wildman–Crippen LogP) is 3.94. The maximum absolute atomic E-state index is 11.8. The number of amides is 2. The predicted molar refractivity (Wildman–Crippen MR) is 93.3 cm³/mol. The molecule has 0 bridgehead atoms. The van der Waals surface area contributed by atoms with Crippen LogP contribution in [0.1, 0.15) is 5.56 Å². The lowest BCUT2D eigenvalue weighted by atomic mass is 10.1. The Balaban J connectivity index is 1.85. The van der Waals surface area contributed by atoms with E-state index in [0.29, 0.717) is 23.0 Å². The topological polar surface area (TPSA) is 58.2 Å². The van der Waals surface area contributed by atoms with Crippen molar-refractivity contribution >= 4 is 52.3 Å². The molecule has 2 rings (SSSR count). The van der Waals surface area contributed by atoms with Crippen LogP contribution in [0.4, 0.5) is 5.69 Å². The van der Waals surface area contributed by atoms with E-state index in [-0.39, 0.29) is 10.7 Å². The smallest absolute Gasteiger partial charge is 0.313 e. The van der Waals surface area contributed by atoms with E-state index in [0.717, 1.165) is 5.56 Å². The van der Waals surface area contributed by atoms with Crippen LogP contribution < -0.4 is 10.6 Å². The summed E-state index contributed by atoms with van der Waals surface area (Å²) in [4.78, 5) is 23.6. The molecule has 2 aromatic carbocycles. The largest absolute Gasteiger partial charge is 0.347 e. The SMILES string of the molecule is O=C(NCCc1cccc(Cl)c1)C(=O)Nc1cccc(Cl)c1Cl. The van der Waals surface area contributed by atoms with Gasteiger partial charge in [0.1, 0.15) is 0 Å². The van der Waals surface area contributed by atoms with Crippen LogP contribution in [0.2, 0.25) is 15.1 Å². The molecule has 2 N–H and O–H groups in total. The molecule has 0 saturated heterocycles. The highest BCUT2D eigenvalue weighted by Crippen LogP contribution is 2.29. The molecule has 0 saturated carbocycles. The minimum atomic E-state index is -0.805. The number of halogens is 3. The Morgan fingerprint density at radius 1 is 0.957 bits per heavy atom. The van der Waals surface area contributed by atoms with E-state index in [1.165, 1.54) is 0 Å². The Labute approximate surface area is 148 Å². The molecule has 0 radical (unpaired) electrons. The highest BCUT2D eigenvalue weighted by atomic mass is 35.5. The van der Waals surface area contributed by atoms with Gasteiger partial charge in [-0.15, -0.1) is 0 Å². The summed E-state index contributed by atoms with van der Waals surface area (Å²) < 4.78 is 0. The van der Waals surface area contributed by atoms with Gasteiger partial charge in [-0.2, -0.15) is 0 Å². The molecule has 0 fully saturated rings. The molecular weight excluding hydrogens is 359 g/mol. The standard InChI is InChI=1S/C16H13Cl3N2O2/c17-11-4-1-3-10(9-11)7-8-20-15(22)16(23)21-13-6-2-5-12(18)14(13)19/h1-6,9H,7-8H2,(H,20,22)(H,21,23). The first-order valence-electron chi connectivity index (χ1n) is 6.75. The summed E-state index contributed by atoms with van der Waals surface area (Å²) in [5, 5.41) is 6.07. The lowest BCUT2D eigenvalue weighted by Gasteiger charge is -2.08. The summed E-state index contributed by atoms with van der Waals surface area (Å²) >= 11 is 17.7. The minimum Gasteiger partial charge on any atom is -0.347 e. The van der Waals surface area contributed by atoms with Crippen LogP contribution in [0.25, 0.3) is 0 Å². The van der Waals surface area contributed by atoms with Crippen molar-refractivity contribution in [3.63, 3.8) is 0 Å². The van der Waals surface area contributed by atoms with E-state index in [1.54, 1.807) is 30.3 Å². The van der Waals surface area contributed by atoms with Gasteiger partial charge in [-0.1, -0.05) is 53.0 Å². The highest BCUT2D eigenvalue weighted by Gasteiger charge is 2.15. The van der Waals surface area contributed by atoms with E-state index in [4.69, 9.17) is 34.8 Å². The van der Waals surface area contributed by atoms with Crippen molar-refractivity contribution in [2.75, 3.05) is 11.9 Å². The summed E-state index contributed by atoms with van der Waals surface area (Å²) in [7, 11) is 0. The molecule has 0 unspecified atom stereocenters. The van der Waals surface area contributed by atoms with Gasteiger partial charge in [-0.25, -0.2) is 0 Å². The Bertz CT molecular complexity index is 735. The lowest BCUT2D eigenvalue weighted by Crippen LogP contribution is -2.36. The van der Waals surface area contributed by atoms with Crippen molar-refractivity contribution < 1.29 is 9.59 Å². The first-order valence-corrected chi connectivity index (χ1v) is 7.88. The minimum absolute atomic E-state index is 0.189. The monoisotopic (exact) mass is 370 g/mol. The first kappa shape index (κ1) is 17.6. The molecule has 120 valence electrons. The van der Waals surface area contributed by atoms with Crippen molar-refractivity contribution in [3.05, 3.63) is 63.1 Å². The molecule has 0 aliphatic heterocycles. The molecule has 7 heteroatoms. The van der Waals surface area contributed by atoms with E-state index < -0.39 is 11.8 Å². The quantitative estimate of drug-likeness (QED) is 0.800. The molecule has 0 aromatic heterocycles. The Kier molecular flexibility index (Phi) is 6.28. The second kappa shape index (κ2) is 8.20. The molecule has 2 aromatic rings. The number of carbonyl (C=O) groups excluding carboxylic acids is 2. The average Bonchev–Trinajstić information content (AvgIpc) is 2.51. The summed E-state index contributed by atoms with van der Waals surface area (Å²) in [5.41, 5.74) is 1.25. The van der Waals surface area contributed by atoms with Crippen LogP contribution in [0.3, 0.4) is 0 Å². The van der Waals surface area contributed by atoms with E-state index in [2.05, 4.69) is 10.6 Å². The van der Waals surface area contributed by atoms with Crippen LogP contribution in [0.15, 0.2) is 42.5 Å². The average molecular weight is 372 g/mol. The highest BCUT2D eigenvalue weighted by molar-refractivity contribution is 6.45. The van der Waals surface area contributed by atoms with Crippen LogP contribution in [0, 0.1) is 0 Å². The first-order chi connectivity index (χ1) is 11.0. The van der Waals surface area contributed by atoms with Gasteiger partial charge >= 0.3 is 11.8 Å². The fourth-order valence-corrected chi connectivity index (χ4v) is 2.43. The van der Waals surface area contributed by atoms with Crippen LogP contribution in [-0.2, 0) is 16.0 Å². The lowest BCUT2D eigenvalue weighted by molar-refractivity contribution is -0.136. The molecule has 0 aliphatic rings. The third-order valence-electron chi connectivity index (χ3n) is 2.99. The van der Waals surface area contributed by atoms with Gasteiger partial charge in [-0.05, 0) is 36.2 Å². The number of hydrogen-bond acceptors (Lipinski definition) is 2. The van der Waals surface area contributed by atoms with Crippen LogP contribution >= 0.6 is 34.8 Å². The summed E-state index contributed by atoms with van der Waals surface area (Å²) in [5.74, 6) is -1.55. The zero-order chi connectivity index (χ0) is 16.8. The number of anilines is 1. The van der Waals surface area contributed by atoms with Gasteiger partial charge in [0.25, 0.3) is 0 Å². The molecule has 23 heavy (non-hydrogen) atoms. The van der Waals surface area contributed by atoms with Crippen molar-refractivity contribution in [3.8, 4) is 0 Å². The molecule has 2 amide bonds. The number of rotatable bonds is 4.